The monoisotopic (exact) mass is 780 g/mol. The number of hydrogen-bond donors (Lipinski definition) is 1. The molecule has 5 nitrogen and oxygen atoms in total. The Morgan fingerprint density at radius 3 is 1.88 bits per heavy atom. The molecule has 10 rings (SSSR count). The van der Waals surface area contributed by atoms with E-state index in [2.05, 4.69) is 229 Å². The number of hydrogen-bond acceptors (Lipinski definition) is 4. The van der Waals surface area contributed by atoms with E-state index in [1.54, 1.807) is 0 Å². The molecule has 0 bridgehead atoms. The van der Waals surface area contributed by atoms with Gasteiger partial charge >= 0.3 is 0 Å². The predicted molar refractivity (Wildman–Crippen MR) is 252 cm³/mol. The van der Waals surface area contributed by atoms with E-state index in [1.807, 2.05) is 0 Å². The molecule has 60 heavy (non-hydrogen) atoms. The molecule has 0 amide bonds. The molecular formula is C55H48N4O. The van der Waals surface area contributed by atoms with E-state index < -0.39 is 0 Å². The number of benzene rings is 8. The molecule has 1 aliphatic rings. The van der Waals surface area contributed by atoms with Gasteiger partial charge in [-0.2, -0.15) is 0 Å². The van der Waals surface area contributed by atoms with E-state index in [1.165, 1.54) is 66.6 Å². The van der Waals surface area contributed by atoms with Crippen molar-refractivity contribution in [1.82, 2.24) is 4.57 Å². The summed E-state index contributed by atoms with van der Waals surface area (Å²) < 4.78 is 9.14. The number of aromatic nitrogens is 1. The highest BCUT2D eigenvalue weighted by molar-refractivity contribution is 6.08. The van der Waals surface area contributed by atoms with Gasteiger partial charge in [-0.3, -0.25) is 0 Å². The summed E-state index contributed by atoms with van der Waals surface area (Å²) in [6.45, 7) is 10.2. The van der Waals surface area contributed by atoms with Gasteiger partial charge in [0.1, 0.15) is 18.2 Å². The van der Waals surface area contributed by atoms with Crippen LogP contribution < -0.4 is 19.9 Å². The summed E-state index contributed by atoms with van der Waals surface area (Å²) in [7, 11) is 0. The number of fused-ring (bicyclic) bond motifs is 4. The van der Waals surface area contributed by atoms with Crippen molar-refractivity contribution < 1.29 is 4.74 Å². The van der Waals surface area contributed by atoms with Gasteiger partial charge in [0.25, 0.3) is 0 Å². The number of anilines is 5. The molecule has 0 fully saturated rings. The van der Waals surface area contributed by atoms with Crippen molar-refractivity contribution in [1.29, 1.82) is 0 Å². The summed E-state index contributed by atoms with van der Waals surface area (Å²) in [6.07, 6.45) is 0. The summed E-state index contributed by atoms with van der Waals surface area (Å²) in [6, 6.07) is 65.1. The highest BCUT2D eigenvalue weighted by atomic mass is 16.5. The number of ether oxygens (including phenoxy) is 1. The van der Waals surface area contributed by atoms with E-state index in [4.69, 9.17) is 4.74 Å². The van der Waals surface area contributed by atoms with Crippen LogP contribution in [-0.2, 0) is 6.67 Å². The normalized spacial score (nSPS) is 12.4. The topological polar surface area (TPSA) is 32.7 Å². The lowest BCUT2D eigenvalue weighted by Crippen LogP contribution is -2.24. The average Bonchev–Trinajstić information content (AvgIpc) is 3.82. The van der Waals surface area contributed by atoms with Crippen molar-refractivity contribution in [2.75, 3.05) is 21.8 Å². The molecule has 5 heteroatoms. The second-order valence-corrected chi connectivity index (χ2v) is 16.2. The second-order valence-electron chi connectivity index (χ2n) is 16.2. The predicted octanol–water partition coefficient (Wildman–Crippen LogP) is 15.0. The van der Waals surface area contributed by atoms with Crippen LogP contribution in [0.5, 0.6) is 11.5 Å². The fourth-order valence-electron chi connectivity index (χ4n) is 9.13. The lowest BCUT2D eigenvalue weighted by molar-refractivity contribution is 0.483. The smallest absolute Gasteiger partial charge is 0.129 e. The highest BCUT2D eigenvalue weighted by Gasteiger charge is 2.31. The Bertz CT molecular complexity index is 2950. The fourth-order valence-corrected chi connectivity index (χ4v) is 9.13. The van der Waals surface area contributed by atoms with Crippen molar-refractivity contribution >= 4 is 50.2 Å². The third-order valence-corrected chi connectivity index (χ3v) is 11.9. The average molecular weight is 781 g/mol. The first-order chi connectivity index (χ1) is 29.4. The SMILES string of the molecule is Cc1cc(C)c(NCn2c3ccccc3c3ccc(Oc4cccc(N5CN(c6c(-c7ccccc7)cccc6-c6ccccc6)c6ccccc65)c4)cc32)c(C(C)C)c1. The van der Waals surface area contributed by atoms with E-state index in [-0.39, 0.29) is 0 Å². The molecule has 1 N–H and O–H groups in total. The van der Waals surface area contributed by atoms with Crippen LogP contribution in [-0.4, -0.2) is 11.2 Å². The summed E-state index contributed by atoms with van der Waals surface area (Å²) in [4.78, 5) is 4.86. The van der Waals surface area contributed by atoms with Crippen LogP contribution in [0.3, 0.4) is 0 Å². The van der Waals surface area contributed by atoms with E-state index in [9.17, 15) is 0 Å². The third kappa shape index (κ3) is 6.72. The lowest BCUT2D eigenvalue weighted by Gasteiger charge is -2.27. The molecule has 0 unspecified atom stereocenters. The zero-order valence-corrected chi connectivity index (χ0v) is 34.6. The summed E-state index contributed by atoms with van der Waals surface area (Å²) in [5, 5.41) is 6.28. The molecule has 0 spiro atoms. The number of nitrogens with one attached hydrogen (secondary N) is 1. The maximum absolute atomic E-state index is 6.76. The van der Waals surface area contributed by atoms with Crippen molar-refractivity contribution in [2.45, 2.75) is 40.3 Å². The molecular weight excluding hydrogens is 733 g/mol. The molecule has 0 saturated heterocycles. The molecule has 0 radical (unpaired) electrons. The maximum atomic E-state index is 6.76. The van der Waals surface area contributed by atoms with Gasteiger partial charge in [0.05, 0.1) is 34.8 Å². The van der Waals surface area contributed by atoms with Crippen LogP contribution in [0.1, 0.15) is 36.5 Å². The van der Waals surface area contributed by atoms with Crippen LogP contribution in [0.25, 0.3) is 44.1 Å². The minimum Gasteiger partial charge on any atom is -0.457 e. The molecule has 2 heterocycles. The largest absolute Gasteiger partial charge is 0.457 e. The molecule has 0 atom stereocenters. The molecule has 8 aromatic carbocycles. The van der Waals surface area contributed by atoms with Gasteiger partial charge in [0.2, 0.25) is 0 Å². The highest BCUT2D eigenvalue weighted by Crippen LogP contribution is 2.50. The summed E-state index contributed by atoms with van der Waals surface area (Å²) in [5.74, 6) is 2.00. The Morgan fingerprint density at radius 1 is 0.550 bits per heavy atom. The minimum atomic E-state index is 0.411. The number of aryl methyl sites for hydroxylation is 2. The standard InChI is InChI=1S/C55H48N4O/c1-37(2)49-32-38(3)31-39(4)54(49)56-35-57-50-26-12-11-23-47(50)48-30-29-44(34-53(48)57)60-43-22-15-21-42(33-43)58-36-59(52-28-14-13-27-51(52)58)55-45(40-17-7-5-8-18-40)24-16-25-46(55)41-19-9-6-10-20-41/h5-34,37,56H,35-36H2,1-4H3. The van der Waals surface area contributed by atoms with Gasteiger partial charge in [-0.1, -0.05) is 147 Å². The van der Waals surface area contributed by atoms with Gasteiger partial charge in [-0.25, -0.2) is 0 Å². The molecule has 1 aromatic heterocycles. The Hall–Kier alpha value is -7.24. The van der Waals surface area contributed by atoms with E-state index >= 15 is 0 Å². The summed E-state index contributed by atoms with van der Waals surface area (Å²) >= 11 is 0. The zero-order valence-electron chi connectivity index (χ0n) is 34.6. The van der Waals surface area contributed by atoms with E-state index in [0.717, 1.165) is 34.1 Å². The Balaban J connectivity index is 0.995. The minimum absolute atomic E-state index is 0.411. The number of para-hydroxylation sites is 4. The van der Waals surface area contributed by atoms with Crippen LogP contribution in [0.15, 0.2) is 182 Å². The van der Waals surface area contributed by atoms with Gasteiger partial charge < -0.3 is 24.4 Å². The van der Waals surface area contributed by atoms with Gasteiger partial charge in [0.15, 0.2) is 0 Å². The Kier molecular flexibility index (Phi) is 9.57. The third-order valence-electron chi connectivity index (χ3n) is 11.9. The second kappa shape index (κ2) is 15.5. The maximum Gasteiger partial charge on any atom is 0.129 e. The number of rotatable bonds is 10. The van der Waals surface area contributed by atoms with Crippen molar-refractivity contribution in [3.05, 3.63) is 199 Å². The van der Waals surface area contributed by atoms with Crippen LogP contribution in [0, 0.1) is 13.8 Å². The van der Waals surface area contributed by atoms with E-state index in [0.29, 0.717) is 19.3 Å². The van der Waals surface area contributed by atoms with Crippen LogP contribution >= 0.6 is 0 Å². The first kappa shape index (κ1) is 37.1. The molecule has 9 aromatic rings. The Labute approximate surface area is 352 Å². The molecule has 294 valence electrons. The quantitative estimate of drug-likeness (QED) is 0.150. The molecule has 0 saturated carbocycles. The van der Waals surface area contributed by atoms with Gasteiger partial charge in [0, 0.05) is 45.4 Å². The first-order valence-corrected chi connectivity index (χ1v) is 20.9. The zero-order chi connectivity index (χ0) is 40.7. The van der Waals surface area contributed by atoms with Crippen molar-refractivity contribution in [2.24, 2.45) is 0 Å². The Morgan fingerprint density at radius 2 is 1.17 bits per heavy atom. The molecule has 1 aliphatic heterocycles. The molecule has 0 aliphatic carbocycles. The summed E-state index contributed by atoms with van der Waals surface area (Å²) in [5.41, 5.74) is 16.8. The fraction of sp³-hybridized carbons (Fsp3) is 0.127. The van der Waals surface area contributed by atoms with Gasteiger partial charge in [-0.15, -0.1) is 0 Å². The number of nitrogens with zero attached hydrogens (tertiary/aromatic N) is 3. The van der Waals surface area contributed by atoms with Crippen molar-refractivity contribution in [3.63, 3.8) is 0 Å². The first-order valence-electron chi connectivity index (χ1n) is 20.9. The van der Waals surface area contributed by atoms with Crippen LogP contribution in [0.2, 0.25) is 0 Å². The lowest BCUT2D eigenvalue weighted by atomic mass is 9.95. The van der Waals surface area contributed by atoms with Gasteiger partial charge in [-0.05, 0) is 84.5 Å². The van der Waals surface area contributed by atoms with Crippen LogP contribution in [0.4, 0.5) is 28.4 Å². The van der Waals surface area contributed by atoms with Crippen molar-refractivity contribution in [3.8, 4) is 33.8 Å².